The number of nitrogens with one attached hydrogen (secondary N) is 1. The Hall–Kier alpha value is -2.35. The van der Waals surface area contributed by atoms with Crippen LogP contribution in [0.3, 0.4) is 0 Å². The third-order valence-electron chi connectivity index (χ3n) is 6.86. The molecule has 0 bridgehead atoms. The molecule has 0 saturated heterocycles. The first-order valence-electron chi connectivity index (χ1n) is 12.3. The van der Waals surface area contributed by atoms with Crippen molar-refractivity contribution in [3.63, 3.8) is 0 Å². The molecule has 2 N–H and O–H groups in total. The van der Waals surface area contributed by atoms with Crippen LogP contribution in [0.15, 0.2) is 29.2 Å². The van der Waals surface area contributed by atoms with Gasteiger partial charge in [0.25, 0.3) is 0 Å². The highest BCUT2D eigenvalue weighted by Gasteiger charge is 2.30. The summed E-state index contributed by atoms with van der Waals surface area (Å²) >= 11 is 0. The van der Waals surface area contributed by atoms with E-state index < -0.39 is 22.1 Å². The molecule has 1 aliphatic heterocycles. The minimum absolute atomic E-state index is 0.00765. The molecule has 0 spiro atoms. The van der Waals surface area contributed by atoms with Crippen molar-refractivity contribution in [3.8, 4) is 6.07 Å². The van der Waals surface area contributed by atoms with E-state index in [4.69, 9.17) is 4.74 Å². The predicted octanol–water partition coefficient (Wildman–Crippen LogP) is 4.14. The van der Waals surface area contributed by atoms with Crippen molar-refractivity contribution in [2.24, 2.45) is 0 Å². The van der Waals surface area contributed by atoms with Crippen LogP contribution in [0.5, 0.6) is 0 Å². The molecule has 1 aliphatic rings. The van der Waals surface area contributed by atoms with Gasteiger partial charge in [0.15, 0.2) is 0 Å². The Balaban J connectivity index is 1.97. The van der Waals surface area contributed by atoms with Crippen LogP contribution in [-0.2, 0) is 34.3 Å². The second kappa shape index (κ2) is 11.8. The lowest BCUT2D eigenvalue weighted by molar-refractivity contribution is 0.0385. The molecular formula is C27H36FN3O4S. The summed E-state index contributed by atoms with van der Waals surface area (Å²) in [5, 5.41) is 19.3. The van der Waals surface area contributed by atoms with E-state index in [1.807, 2.05) is 40.8 Å². The largest absolute Gasteiger partial charge is 0.392 e. The molecule has 196 valence electrons. The van der Waals surface area contributed by atoms with Crippen molar-refractivity contribution in [2.45, 2.75) is 76.6 Å². The zero-order chi connectivity index (χ0) is 26.6. The molecule has 3 rings (SSSR count). The SMILES string of the molecule is CCN(C)Cc1ccc(S(=O)(=O)NC2Cc3c(cc(C#N)c(F)c3C(C)C)C(C)CCO2)cc1CO. The first kappa shape index (κ1) is 28.2. The summed E-state index contributed by atoms with van der Waals surface area (Å²) in [5.74, 6) is -0.721. The normalized spacial score (nSPS) is 18.6. The zero-order valence-corrected chi connectivity index (χ0v) is 22.5. The monoisotopic (exact) mass is 517 g/mol. The van der Waals surface area contributed by atoms with Gasteiger partial charge in [0.1, 0.15) is 18.1 Å². The molecule has 0 radical (unpaired) electrons. The molecule has 36 heavy (non-hydrogen) atoms. The number of aliphatic hydroxyl groups excluding tert-OH is 1. The lowest BCUT2D eigenvalue weighted by Gasteiger charge is -2.29. The summed E-state index contributed by atoms with van der Waals surface area (Å²) in [6.45, 7) is 9.19. The molecule has 7 nitrogen and oxygen atoms in total. The van der Waals surface area contributed by atoms with Crippen molar-refractivity contribution < 1.29 is 22.7 Å². The lowest BCUT2D eigenvalue weighted by atomic mass is 9.82. The Morgan fingerprint density at radius 1 is 1.31 bits per heavy atom. The molecule has 0 aromatic heterocycles. The minimum atomic E-state index is -3.99. The molecule has 1 heterocycles. The number of aliphatic hydroxyl groups is 1. The molecule has 0 aliphatic carbocycles. The highest BCUT2D eigenvalue weighted by Crippen LogP contribution is 2.36. The fraction of sp³-hybridized carbons (Fsp3) is 0.519. The van der Waals surface area contributed by atoms with E-state index >= 15 is 4.39 Å². The summed E-state index contributed by atoms with van der Waals surface area (Å²) in [4.78, 5) is 2.09. The van der Waals surface area contributed by atoms with Crippen LogP contribution in [-0.4, -0.2) is 44.9 Å². The smallest absolute Gasteiger partial charge is 0.242 e. The van der Waals surface area contributed by atoms with E-state index in [2.05, 4.69) is 9.62 Å². The van der Waals surface area contributed by atoms with Gasteiger partial charge in [-0.2, -0.15) is 9.98 Å². The van der Waals surface area contributed by atoms with Crippen molar-refractivity contribution in [2.75, 3.05) is 20.2 Å². The molecule has 2 unspecified atom stereocenters. The van der Waals surface area contributed by atoms with Gasteiger partial charge in [0.2, 0.25) is 10.0 Å². The van der Waals surface area contributed by atoms with Crippen molar-refractivity contribution in [3.05, 3.63) is 63.5 Å². The van der Waals surface area contributed by atoms with E-state index in [1.54, 1.807) is 12.1 Å². The third kappa shape index (κ3) is 6.13. The number of benzene rings is 2. The quantitative estimate of drug-likeness (QED) is 0.546. The van der Waals surface area contributed by atoms with E-state index in [0.29, 0.717) is 36.3 Å². The Bertz CT molecular complexity index is 1240. The molecule has 0 fully saturated rings. The van der Waals surface area contributed by atoms with E-state index in [-0.39, 0.29) is 35.3 Å². The number of rotatable bonds is 8. The van der Waals surface area contributed by atoms with E-state index in [1.165, 1.54) is 12.1 Å². The minimum Gasteiger partial charge on any atom is -0.392 e. The Morgan fingerprint density at radius 3 is 2.64 bits per heavy atom. The third-order valence-corrected chi connectivity index (χ3v) is 8.31. The number of nitriles is 1. The molecule has 9 heteroatoms. The van der Waals surface area contributed by atoms with Gasteiger partial charge >= 0.3 is 0 Å². The van der Waals surface area contributed by atoms with Crippen molar-refractivity contribution in [1.82, 2.24) is 9.62 Å². The van der Waals surface area contributed by atoms with E-state index in [0.717, 1.165) is 17.7 Å². The number of sulfonamides is 1. The van der Waals surface area contributed by atoms with Crippen LogP contribution < -0.4 is 4.72 Å². The average Bonchev–Trinajstić information content (AvgIpc) is 2.82. The number of ether oxygens (including phenoxy) is 1. The summed E-state index contributed by atoms with van der Waals surface area (Å²) in [7, 11) is -2.04. The second-order valence-electron chi connectivity index (χ2n) is 9.78. The van der Waals surface area contributed by atoms with Crippen LogP contribution in [0.1, 0.15) is 79.3 Å². The van der Waals surface area contributed by atoms with Gasteiger partial charge in [-0.15, -0.1) is 0 Å². The second-order valence-corrected chi connectivity index (χ2v) is 11.5. The Labute approximate surface area is 213 Å². The Kier molecular flexibility index (Phi) is 9.25. The fourth-order valence-electron chi connectivity index (χ4n) is 4.67. The van der Waals surface area contributed by atoms with Crippen LogP contribution in [0.4, 0.5) is 4.39 Å². The lowest BCUT2D eigenvalue weighted by Crippen LogP contribution is -2.40. The summed E-state index contributed by atoms with van der Waals surface area (Å²) in [6.07, 6.45) is -0.163. The highest BCUT2D eigenvalue weighted by atomic mass is 32.2. The first-order chi connectivity index (χ1) is 17.0. The van der Waals surface area contributed by atoms with Crippen LogP contribution in [0.25, 0.3) is 0 Å². The number of hydrogen-bond donors (Lipinski definition) is 2. The first-order valence-corrected chi connectivity index (χ1v) is 13.8. The van der Waals surface area contributed by atoms with E-state index in [9.17, 15) is 18.8 Å². The highest BCUT2D eigenvalue weighted by molar-refractivity contribution is 7.89. The molecule has 0 saturated carbocycles. The standard InChI is InChI=1S/C27H36FN3O4S/c1-6-31(5)15-19-7-8-22(11-21(19)16-32)36(33,34)30-25-13-24-23(18(4)9-10-35-25)12-20(14-29)27(28)26(24)17(2)3/h7-8,11-12,17-18,25,30,32H,6,9-10,13,15-16H2,1-5H3. The van der Waals surface area contributed by atoms with Gasteiger partial charge in [0.05, 0.1) is 17.1 Å². The number of fused-ring (bicyclic) bond motifs is 1. The zero-order valence-electron chi connectivity index (χ0n) is 21.6. The van der Waals surface area contributed by atoms with Crippen LogP contribution >= 0.6 is 0 Å². The van der Waals surface area contributed by atoms with Crippen LogP contribution in [0.2, 0.25) is 0 Å². The van der Waals surface area contributed by atoms with Gasteiger partial charge in [-0.05, 0) is 77.9 Å². The van der Waals surface area contributed by atoms with Gasteiger partial charge < -0.3 is 14.7 Å². The van der Waals surface area contributed by atoms with Crippen molar-refractivity contribution in [1.29, 1.82) is 5.26 Å². The van der Waals surface area contributed by atoms with Crippen LogP contribution in [0, 0.1) is 17.1 Å². The number of halogens is 1. The summed E-state index contributed by atoms with van der Waals surface area (Å²) in [5.41, 5.74) is 3.39. The summed E-state index contributed by atoms with van der Waals surface area (Å²) < 4.78 is 50.4. The summed E-state index contributed by atoms with van der Waals surface area (Å²) in [6, 6.07) is 8.28. The van der Waals surface area contributed by atoms with Crippen molar-refractivity contribution >= 4 is 10.0 Å². The van der Waals surface area contributed by atoms with Gasteiger partial charge in [-0.3, -0.25) is 0 Å². The maximum absolute atomic E-state index is 15.2. The number of hydrogen-bond acceptors (Lipinski definition) is 6. The Morgan fingerprint density at radius 2 is 2.03 bits per heavy atom. The maximum Gasteiger partial charge on any atom is 0.242 e. The van der Waals surface area contributed by atoms with Gasteiger partial charge in [0, 0.05) is 19.6 Å². The molecule has 2 atom stereocenters. The van der Waals surface area contributed by atoms with Gasteiger partial charge in [-0.25, -0.2) is 12.8 Å². The molecule has 2 aromatic carbocycles. The molecule has 0 amide bonds. The maximum atomic E-state index is 15.2. The fourth-order valence-corrected chi connectivity index (χ4v) is 5.85. The molecular weight excluding hydrogens is 481 g/mol. The average molecular weight is 518 g/mol. The number of nitrogens with zero attached hydrogens (tertiary/aromatic N) is 2. The van der Waals surface area contributed by atoms with Gasteiger partial charge in [-0.1, -0.05) is 33.8 Å². The predicted molar refractivity (Wildman–Crippen MR) is 136 cm³/mol. The molecule has 2 aromatic rings. The topological polar surface area (TPSA) is 103 Å².